The third kappa shape index (κ3) is 3.68. The molecule has 0 aliphatic heterocycles. The standard InChI is InChI=1S/C18H23N5O3/c1-4-19-17(24)12-6-9-14(15(10-12)26-5-2)23-11(3)16(21-22-23)18(25)20-13-7-8-13/h6,9-10,13H,4-5,7-8H2,1-3H3,(H,19,24)(H,20,25). The lowest BCUT2D eigenvalue weighted by Crippen LogP contribution is -2.26. The minimum atomic E-state index is -0.215. The van der Waals surface area contributed by atoms with E-state index in [-0.39, 0.29) is 17.9 Å². The van der Waals surface area contributed by atoms with E-state index in [1.165, 1.54) is 0 Å². The van der Waals surface area contributed by atoms with Gasteiger partial charge in [-0.1, -0.05) is 5.21 Å². The number of carbonyl (C=O) groups is 2. The number of hydrogen-bond acceptors (Lipinski definition) is 5. The minimum absolute atomic E-state index is 0.167. The van der Waals surface area contributed by atoms with Crippen LogP contribution in [0.3, 0.4) is 0 Å². The lowest BCUT2D eigenvalue weighted by Gasteiger charge is -2.13. The third-order valence-corrected chi connectivity index (χ3v) is 4.11. The van der Waals surface area contributed by atoms with E-state index < -0.39 is 0 Å². The van der Waals surface area contributed by atoms with Crippen molar-refractivity contribution in [3.05, 3.63) is 35.2 Å². The zero-order valence-corrected chi connectivity index (χ0v) is 15.2. The quantitative estimate of drug-likeness (QED) is 0.785. The number of carbonyl (C=O) groups excluding carboxylic acids is 2. The molecule has 1 heterocycles. The van der Waals surface area contributed by atoms with Crippen LogP contribution in [-0.2, 0) is 0 Å². The largest absolute Gasteiger partial charge is 0.492 e. The molecule has 0 atom stereocenters. The Morgan fingerprint density at radius 3 is 2.69 bits per heavy atom. The van der Waals surface area contributed by atoms with Gasteiger partial charge in [0.1, 0.15) is 11.4 Å². The normalized spacial score (nSPS) is 13.3. The first-order chi connectivity index (χ1) is 12.5. The van der Waals surface area contributed by atoms with Gasteiger partial charge in [-0.2, -0.15) is 0 Å². The van der Waals surface area contributed by atoms with E-state index >= 15 is 0 Å². The highest BCUT2D eigenvalue weighted by atomic mass is 16.5. The molecule has 8 nitrogen and oxygen atoms in total. The van der Waals surface area contributed by atoms with Crippen LogP contribution in [0.25, 0.3) is 5.69 Å². The van der Waals surface area contributed by atoms with Crippen molar-refractivity contribution < 1.29 is 14.3 Å². The summed E-state index contributed by atoms with van der Waals surface area (Å²) in [7, 11) is 0. The van der Waals surface area contributed by atoms with Crippen molar-refractivity contribution in [3.63, 3.8) is 0 Å². The van der Waals surface area contributed by atoms with Gasteiger partial charge in [0.05, 0.1) is 12.3 Å². The van der Waals surface area contributed by atoms with E-state index in [1.807, 2.05) is 13.8 Å². The average molecular weight is 357 g/mol. The SMILES string of the molecule is CCNC(=O)c1ccc(-n2nnc(C(=O)NC3CC3)c2C)c(OCC)c1. The summed E-state index contributed by atoms with van der Waals surface area (Å²) in [6.07, 6.45) is 2.02. The molecular weight excluding hydrogens is 334 g/mol. The molecule has 0 bridgehead atoms. The first-order valence-electron chi connectivity index (χ1n) is 8.83. The molecule has 2 aromatic rings. The van der Waals surface area contributed by atoms with Gasteiger partial charge in [-0.05, 0) is 51.8 Å². The first kappa shape index (κ1) is 17.9. The molecule has 2 amide bonds. The summed E-state index contributed by atoms with van der Waals surface area (Å²) >= 11 is 0. The summed E-state index contributed by atoms with van der Waals surface area (Å²) in [5, 5.41) is 13.8. The molecule has 2 N–H and O–H groups in total. The molecule has 1 aliphatic carbocycles. The van der Waals surface area contributed by atoms with Crippen LogP contribution in [0.4, 0.5) is 0 Å². The predicted molar refractivity (Wildman–Crippen MR) is 95.8 cm³/mol. The smallest absolute Gasteiger partial charge is 0.273 e. The number of ether oxygens (including phenoxy) is 1. The number of aromatic nitrogens is 3. The number of amides is 2. The maximum absolute atomic E-state index is 12.3. The van der Waals surface area contributed by atoms with Crippen molar-refractivity contribution in [1.82, 2.24) is 25.6 Å². The second-order valence-corrected chi connectivity index (χ2v) is 6.16. The van der Waals surface area contributed by atoms with E-state index in [2.05, 4.69) is 20.9 Å². The van der Waals surface area contributed by atoms with Crippen LogP contribution < -0.4 is 15.4 Å². The van der Waals surface area contributed by atoms with E-state index in [0.717, 1.165) is 12.8 Å². The van der Waals surface area contributed by atoms with Crippen molar-refractivity contribution in [2.75, 3.05) is 13.2 Å². The first-order valence-corrected chi connectivity index (χ1v) is 8.83. The second kappa shape index (κ2) is 7.55. The Bertz CT molecular complexity index is 826. The van der Waals surface area contributed by atoms with Crippen LogP contribution in [0.5, 0.6) is 5.75 Å². The molecule has 0 radical (unpaired) electrons. The number of nitrogens with one attached hydrogen (secondary N) is 2. The number of hydrogen-bond donors (Lipinski definition) is 2. The summed E-state index contributed by atoms with van der Waals surface area (Å²) in [5.74, 6) is 0.131. The third-order valence-electron chi connectivity index (χ3n) is 4.11. The predicted octanol–water partition coefficient (Wildman–Crippen LogP) is 1.62. The van der Waals surface area contributed by atoms with E-state index in [0.29, 0.717) is 41.5 Å². The molecule has 0 spiro atoms. The summed E-state index contributed by atoms with van der Waals surface area (Å²) < 4.78 is 7.25. The maximum atomic E-state index is 12.3. The Morgan fingerprint density at radius 1 is 1.27 bits per heavy atom. The zero-order chi connectivity index (χ0) is 18.7. The van der Waals surface area contributed by atoms with Gasteiger partial charge in [0, 0.05) is 18.2 Å². The van der Waals surface area contributed by atoms with Gasteiger partial charge < -0.3 is 15.4 Å². The topological polar surface area (TPSA) is 98.1 Å². The molecule has 3 rings (SSSR count). The summed E-state index contributed by atoms with van der Waals surface area (Å²) in [5.41, 5.74) is 2.06. The molecule has 1 aromatic heterocycles. The zero-order valence-electron chi connectivity index (χ0n) is 15.2. The van der Waals surface area contributed by atoms with Crippen LogP contribution in [0.15, 0.2) is 18.2 Å². The van der Waals surface area contributed by atoms with Gasteiger partial charge in [0.25, 0.3) is 11.8 Å². The Labute approximate surface area is 151 Å². The van der Waals surface area contributed by atoms with Gasteiger partial charge in [0.15, 0.2) is 5.69 Å². The van der Waals surface area contributed by atoms with Gasteiger partial charge >= 0.3 is 0 Å². The lowest BCUT2D eigenvalue weighted by molar-refractivity contribution is 0.0940. The van der Waals surface area contributed by atoms with Gasteiger partial charge in [-0.3, -0.25) is 9.59 Å². The van der Waals surface area contributed by atoms with Crippen LogP contribution in [0, 0.1) is 6.92 Å². The van der Waals surface area contributed by atoms with Crippen molar-refractivity contribution in [1.29, 1.82) is 0 Å². The minimum Gasteiger partial charge on any atom is -0.492 e. The highest BCUT2D eigenvalue weighted by molar-refractivity contribution is 5.95. The van der Waals surface area contributed by atoms with Crippen LogP contribution >= 0.6 is 0 Å². The summed E-state index contributed by atoms with van der Waals surface area (Å²) in [6, 6.07) is 5.38. The van der Waals surface area contributed by atoms with Gasteiger partial charge in [0.2, 0.25) is 0 Å². The average Bonchev–Trinajstić information content (AvgIpc) is 3.35. The molecule has 138 valence electrons. The van der Waals surface area contributed by atoms with Gasteiger partial charge in [-0.25, -0.2) is 4.68 Å². The van der Waals surface area contributed by atoms with Gasteiger partial charge in [-0.15, -0.1) is 5.10 Å². The fourth-order valence-corrected chi connectivity index (χ4v) is 2.61. The molecule has 1 aromatic carbocycles. The molecule has 1 aliphatic rings. The highest BCUT2D eigenvalue weighted by Gasteiger charge is 2.27. The van der Waals surface area contributed by atoms with Crippen molar-refractivity contribution >= 4 is 11.8 Å². The molecule has 1 fully saturated rings. The van der Waals surface area contributed by atoms with Crippen LogP contribution in [0.2, 0.25) is 0 Å². The number of nitrogens with zero attached hydrogens (tertiary/aromatic N) is 3. The Balaban J connectivity index is 1.93. The Kier molecular flexibility index (Phi) is 5.20. The fourth-order valence-electron chi connectivity index (χ4n) is 2.61. The molecule has 8 heteroatoms. The molecule has 1 saturated carbocycles. The Morgan fingerprint density at radius 2 is 2.04 bits per heavy atom. The van der Waals surface area contributed by atoms with Crippen LogP contribution in [-0.4, -0.2) is 46.0 Å². The summed E-state index contributed by atoms with van der Waals surface area (Å²) in [6.45, 7) is 6.50. The van der Waals surface area contributed by atoms with Crippen molar-refractivity contribution in [2.45, 2.75) is 39.7 Å². The monoisotopic (exact) mass is 357 g/mol. The molecule has 0 unspecified atom stereocenters. The number of benzene rings is 1. The fraction of sp³-hybridized carbons (Fsp3) is 0.444. The maximum Gasteiger partial charge on any atom is 0.273 e. The number of rotatable bonds is 7. The molecule has 0 saturated heterocycles. The van der Waals surface area contributed by atoms with Crippen molar-refractivity contribution in [2.24, 2.45) is 0 Å². The van der Waals surface area contributed by atoms with E-state index in [1.54, 1.807) is 29.8 Å². The Hall–Kier alpha value is -2.90. The highest BCUT2D eigenvalue weighted by Crippen LogP contribution is 2.26. The van der Waals surface area contributed by atoms with E-state index in [9.17, 15) is 9.59 Å². The van der Waals surface area contributed by atoms with E-state index in [4.69, 9.17) is 4.74 Å². The van der Waals surface area contributed by atoms with Crippen LogP contribution in [0.1, 0.15) is 53.2 Å². The molecule has 26 heavy (non-hydrogen) atoms. The second-order valence-electron chi connectivity index (χ2n) is 6.16. The van der Waals surface area contributed by atoms with Crippen molar-refractivity contribution in [3.8, 4) is 11.4 Å². The molecular formula is C18H23N5O3. The lowest BCUT2D eigenvalue weighted by atomic mass is 10.1. The summed E-state index contributed by atoms with van der Waals surface area (Å²) in [4.78, 5) is 24.3.